The first-order valence-electron chi connectivity index (χ1n) is 7.65. The van der Waals surface area contributed by atoms with Crippen LogP contribution < -0.4 is 5.32 Å². The lowest BCUT2D eigenvalue weighted by Crippen LogP contribution is -2.29. The molecule has 0 aliphatic rings. The number of nitrogens with zero attached hydrogens (tertiary/aromatic N) is 7. The lowest BCUT2D eigenvalue weighted by atomic mass is 10.3. The van der Waals surface area contributed by atoms with E-state index in [4.69, 9.17) is 0 Å². The van der Waals surface area contributed by atoms with Gasteiger partial charge in [-0.3, -0.25) is 4.79 Å². The van der Waals surface area contributed by atoms with E-state index >= 15 is 0 Å². The van der Waals surface area contributed by atoms with E-state index in [9.17, 15) is 4.79 Å². The Morgan fingerprint density at radius 3 is 2.73 bits per heavy atom. The summed E-state index contributed by atoms with van der Waals surface area (Å²) in [5, 5.41) is 11.3. The molecule has 0 aliphatic heterocycles. The molecule has 26 heavy (non-hydrogen) atoms. The molecule has 0 spiro atoms. The Morgan fingerprint density at radius 1 is 1.15 bits per heavy atom. The summed E-state index contributed by atoms with van der Waals surface area (Å²) in [4.78, 5) is 25.0. The van der Waals surface area contributed by atoms with E-state index in [0.29, 0.717) is 17.5 Å². The molecule has 0 aliphatic carbocycles. The van der Waals surface area contributed by atoms with Gasteiger partial charge in [-0.1, -0.05) is 6.07 Å². The first kappa shape index (κ1) is 17.5. The minimum absolute atomic E-state index is 0. The van der Waals surface area contributed by atoms with Crippen LogP contribution in [0.5, 0.6) is 0 Å². The summed E-state index contributed by atoms with van der Waals surface area (Å²) < 4.78 is 3.15. The van der Waals surface area contributed by atoms with Crippen molar-refractivity contribution in [1.82, 2.24) is 39.7 Å². The fourth-order valence-electron chi connectivity index (χ4n) is 2.48. The summed E-state index contributed by atoms with van der Waals surface area (Å²) in [5.41, 5.74) is 1.18. The Morgan fingerprint density at radius 2 is 1.96 bits per heavy atom. The highest BCUT2D eigenvalue weighted by Crippen LogP contribution is 2.13. The lowest BCUT2D eigenvalue weighted by molar-refractivity contribution is 0.0932. The quantitative estimate of drug-likeness (QED) is 0.583. The molecule has 9 nitrogen and oxygen atoms in total. The molecule has 0 fully saturated rings. The fourth-order valence-corrected chi connectivity index (χ4v) is 2.48. The number of rotatable bonds is 4. The molecular formula is C16H16N8OS. The highest BCUT2D eigenvalue weighted by Gasteiger charge is 2.20. The summed E-state index contributed by atoms with van der Waals surface area (Å²) in [6.45, 7) is 1.82. The number of aromatic nitrogens is 7. The minimum Gasteiger partial charge on any atom is -0.341 e. The van der Waals surface area contributed by atoms with Gasteiger partial charge in [-0.2, -0.15) is 28.4 Å². The Labute approximate surface area is 155 Å². The molecular weight excluding hydrogens is 352 g/mol. The second kappa shape index (κ2) is 7.31. The van der Waals surface area contributed by atoms with Gasteiger partial charge >= 0.3 is 0 Å². The molecule has 4 rings (SSSR count). The number of carbonyl (C=O) groups is 1. The first-order chi connectivity index (χ1) is 12.2. The van der Waals surface area contributed by atoms with Gasteiger partial charge in [0.05, 0.1) is 11.6 Å². The molecule has 1 atom stereocenters. The summed E-state index contributed by atoms with van der Waals surface area (Å²) >= 11 is 0. The monoisotopic (exact) mass is 368 g/mol. The third-order valence-electron chi connectivity index (χ3n) is 3.65. The third-order valence-corrected chi connectivity index (χ3v) is 3.65. The molecule has 1 N–H and O–H groups in total. The number of pyridine rings is 1. The average Bonchev–Trinajstić information content (AvgIpc) is 3.29. The molecule has 10 heteroatoms. The van der Waals surface area contributed by atoms with Crippen molar-refractivity contribution >= 4 is 24.9 Å². The van der Waals surface area contributed by atoms with E-state index in [-0.39, 0.29) is 19.4 Å². The van der Waals surface area contributed by atoms with E-state index in [2.05, 4.69) is 30.5 Å². The standard InChI is InChI=1S/C16H14N8O.H2S/c1-11(14-19-10-20-24(14)16-17-6-4-7-18-16)21-15(25)13-9-12-5-2-3-8-23(12)22-13;/h2-11H,1H3,(H,21,25);1H2/t11-;/m1./s1. The average molecular weight is 368 g/mol. The SMILES string of the molecule is C[C@@H](NC(=O)c1cc2ccccn2n1)c1ncnn1-c1ncccn1.S. The Hall–Kier alpha value is -3.27. The van der Waals surface area contributed by atoms with Crippen molar-refractivity contribution in [2.24, 2.45) is 0 Å². The largest absolute Gasteiger partial charge is 0.341 e. The lowest BCUT2D eigenvalue weighted by Gasteiger charge is -2.12. The molecule has 0 aromatic carbocycles. The van der Waals surface area contributed by atoms with E-state index in [1.54, 1.807) is 35.2 Å². The fraction of sp³-hybridized carbons (Fsp3) is 0.125. The second-order valence-electron chi connectivity index (χ2n) is 5.37. The second-order valence-corrected chi connectivity index (χ2v) is 5.37. The summed E-state index contributed by atoms with van der Waals surface area (Å²) in [6, 6.07) is 8.68. The summed E-state index contributed by atoms with van der Waals surface area (Å²) in [6.07, 6.45) is 6.43. The van der Waals surface area contributed by atoms with Gasteiger partial charge in [0, 0.05) is 18.6 Å². The number of hydrogen-bond acceptors (Lipinski definition) is 6. The van der Waals surface area contributed by atoms with Crippen molar-refractivity contribution in [3.8, 4) is 5.95 Å². The maximum atomic E-state index is 12.5. The summed E-state index contributed by atoms with van der Waals surface area (Å²) in [7, 11) is 0. The van der Waals surface area contributed by atoms with Crippen LogP contribution in [0.2, 0.25) is 0 Å². The van der Waals surface area contributed by atoms with Gasteiger partial charge in [-0.05, 0) is 31.2 Å². The van der Waals surface area contributed by atoms with E-state index < -0.39 is 6.04 Å². The zero-order valence-corrected chi connectivity index (χ0v) is 14.8. The number of carbonyl (C=O) groups excluding carboxylic acids is 1. The van der Waals surface area contributed by atoms with Gasteiger partial charge in [-0.25, -0.2) is 19.5 Å². The van der Waals surface area contributed by atoms with E-state index in [1.807, 2.05) is 25.1 Å². The van der Waals surface area contributed by atoms with Crippen LogP contribution >= 0.6 is 13.5 Å². The zero-order valence-electron chi connectivity index (χ0n) is 13.8. The highest BCUT2D eigenvalue weighted by atomic mass is 32.1. The van der Waals surface area contributed by atoms with Crippen LogP contribution in [0.15, 0.2) is 55.2 Å². The van der Waals surface area contributed by atoms with E-state index in [0.717, 1.165) is 5.52 Å². The normalized spacial score (nSPS) is 11.7. The highest BCUT2D eigenvalue weighted by molar-refractivity contribution is 7.59. The molecule has 4 heterocycles. The van der Waals surface area contributed by atoms with Crippen molar-refractivity contribution in [3.05, 3.63) is 66.8 Å². The predicted octanol–water partition coefficient (Wildman–Crippen LogP) is 1.31. The van der Waals surface area contributed by atoms with Crippen molar-refractivity contribution in [2.45, 2.75) is 13.0 Å². The predicted molar refractivity (Wildman–Crippen MR) is 98.4 cm³/mol. The van der Waals surface area contributed by atoms with Gasteiger partial charge in [0.15, 0.2) is 11.5 Å². The number of fused-ring (bicyclic) bond motifs is 1. The van der Waals surface area contributed by atoms with Crippen LogP contribution in [0.1, 0.15) is 29.3 Å². The van der Waals surface area contributed by atoms with E-state index in [1.165, 1.54) is 11.0 Å². The molecule has 0 saturated heterocycles. The van der Waals surface area contributed by atoms with Crippen LogP contribution in [-0.4, -0.2) is 40.3 Å². The zero-order chi connectivity index (χ0) is 17.2. The molecule has 1 amide bonds. The van der Waals surface area contributed by atoms with Crippen molar-refractivity contribution in [2.75, 3.05) is 0 Å². The minimum atomic E-state index is -0.399. The van der Waals surface area contributed by atoms with Crippen LogP contribution in [0.3, 0.4) is 0 Å². The maximum absolute atomic E-state index is 12.5. The molecule has 0 unspecified atom stereocenters. The first-order valence-corrected chi connectivity index (χ1v) is 7.65. The Kier molecular flexibility index (Phi) is 4.94. The number of amides is 1. The van der Waals surface area contributed by atoms with Gasteiger partial charge in [0.1, 0.15) is 6.33 Å². The van der Waals surface area contributed by atoms with Gasteiger partial charge in [-0.15, -0.1) is 0 Å². The van der Waals surface area contributed by atoms with Crippen molar-refractivity contribution in [1.29, 1.82) is 0 Å². The number of nitrogens with one attached hydrogen (secondary N) is 1. The van der Waals surface area contributed by atoms with Crippen molar-refractivity contribution in [3.63, 3.8) is 0 Å². The van der Waals surface area contributed by atoms with Crippen LogP contribution in [-0.2, 0) is 0 Å². The smallest absolute Gasteiger partial charge is 0.272 e. The van der Waals surface area contributed by atoms with Gasteiger partial charge in [0.2, 0.25) is 0 Å². The molecule has 132 valence electrons. The molecule has 0 bridgehead atoms. The van der Waals surface area contributed by atoms with Gasteiger partial charge in [0.25, 0.3) is 11.9 Å². The summed E-state index contributed by atoms with van der Waals surface area (Å²) in [5.74, 6) is 0.631. The van der Waals surface area contributed by atoms with Crippen LogP contribution in [0, 0.1) is 0 Å². The molecule has 4 aromatic rings. The topological polar surface area (TPSA) is 103 Å². The molecule has 0 saturated carbocycles. The van der Waals surface area contributed by atoms with Crippen LogP contribution in [0.25, 0.3) is 11.5 Å². The Bertz CT molecular complexity index is 996. The number of hydrogen-bond donors (Lipinski definition) is 1. The molecule has 0 radical (unpaired) electrons. The Balaban J connectivity index is 0.00000196. The third kappa shape index (κ3) is 3.26. The van der Waals surface area contributed by atoms with Gasteiger partial charge < -0.3 is 5.32 Å². The van der Waals surface area contributed by atoms with Crippen LogP contribution in [0.4, 0.5) is 0 Å². The molecule has 4 aromatic heterocycles. The maximum Gasteiger partial charge on any atom is 0.272 e. The van der Waals surface area contributed by atoms with Crippen molar-refractivity contribution < 1.29 is 4.79 Å².